The Labute approximate surface area is 115 Å². The molecule has 1 saturated carbocycles. The molecule has 1 heterocycles. The van der Waals surface area contributed by atoms with Gasteiger partial charge >= 0.3 is 0 Å². The number of nitrogens with two attached hydrogens (primary N) is 1. The smallest absolute Gasteiger partial charge is 0.127 e. The van der Waals surface area contributed by atoms with Crippen LogP contribution in [0.15, 0.2) is 0 Å². The monoisotopic (exact) mass is 267 g/mol. The summed E-state index contributed by atoms with van der Waals surface area (Å²) in [5, 5.41) is 0. The first-order valence-electron chi connectivity index (χ1n) is 6.81. The van der Waals surface area contributed by atoms with Crippen molar-refractivity contribution in [1.29, 1.82) is 0 Å². The van der Waals surface area contributed by atoms with Crippen LogP contribution >= 0.6 is 11.8 Å². The van der Waals surface area contributed by atoms with Crippen LogP contribution in [0.4, 0.5) is 5.82 Å². The Morgan fingerprint density at radius 1 is 1.39 bits per heavy atom. The molecule has 0 radical (unpaired) electrons. The normalized spacial score (nSPS) is 16.2. The Morgan fingerprint density at radius 2 is 2.06 bits per heavy atom. The molecule has 0 spiro atoms. The van der Waals surface area contributed by atoms with Crippen LogP contribution in [0.5, 0.6) is 0 Å². The Bertz CT molecular complexity index is 413. The maximum absolute atomic E-state index is 6.33. The summed E-state index contributed by atoms with van der Waals surface area (Å²) in [6, 6.07) is 0. The zero-order chi connectivity index (χ0) is 13.3. The van der Waals surface area contributed by atoms with Crippen molar-refractivity contribution in [2.45, 2.75) is 57.9 Å². The molecule has 0 aliphatic heterocycles. The molecule has 0 amide bonds. The number of hydrogen-bond donors (Lipinski definition) is 1. The zero-order valence-corrected chi connectivity index (χ0v) is 12.8. The van der Waals surface area contributed by atoms with Gasteiger partial charge in [-0.3, -0.25) is 0 Å². The van der Waals surface area contributed by atoms with Gasteiger partial charge in [0.2, 0.25) is 0 Å². The Morgan fingerprint density at radius 3 is 2.56 bits per heavy atom. The number of anilines is 1. The van der Waals surface area contributed by atoms with E-state index in [2.05, 4.69) is 31.6 Å². The Balaban J connectivity index is 2.26. The van der Waals surface area contributed by atoms with Crippen molar-refractivity contribution in [3.8, 4) is 0 Å². The third-order valence-electron chi connectivity index (χ3n) is 3.39. The van der Waals surface area contributed by atoms with Crippen LogP contribution in [-0.4, -0.2) is 21.6 Å². The quantitative estimate of drug-likeness (QED) is 0.832. The lowest BCUT2D eigenvalue weighted by atomic mass is 10.1. The molecule has 0 saturated heterocycles. The second-order valence-electron chi connectivity index (χ2n) is 6.18. The van der Waals surface area contributed by atoms with Crippen molar-refractivity contribution in [3.63, 3.8) is 0 Å². The maximum atomic E-state index is 6.33. The highest BCUT2D eigenvalue weighted by Gasteiger charge is 2.33. The van der Waals surface area contributed by atoms with E-state index < -0.39 is 0 Å². The number of rotatable bonds is 5. The number of hydrogen-bond acceptors (Lipinski definition) is 3. The van der Waals surface area contributed by atoms with Crippen LogP contribution in [0, 0.1) is 0 Å². The third-order valence-corrected chi connectivity index (χ3v) is 4.09. The second-order valence-corrected chi connectivity index (χ2v) is 7.16. The van der Waals surface area contributed by atoms with E-state index in [0.717, 1.165) is 24.4 Å². The van der Waals surface area contributed by atoms with Gasteiger partial charge < -0.3 is 10.3 Å². The van der Waals surface area contributed by atoms with E-state index >= 15 is 0 Å². The van der Waals surface area contributed by atoms with Crippen LogP contribution in [0.1, 0.15) is 57.5 Å². The topological polar surface area (TPSA) is 43.8 Å². The SMILES string of the molecule is CSCCCc1nc(C2CC2)n(C(C)(C)C)c1N. The Hall–Kier alpha value is -0.640. The fraction of sp³-hybridized carbons (Fsp3) is 0.786. The van der Waals surface area contributed by atoms with Crippen LogP contribution in [0.2, 0.25) is 0 Å². The van der Waals surface area contributed by atoms with Gasteiger partial charge in [0.05, 0.1) is 5.69 Å². The van der Waals surface area contributed by atoms with E-state index in [1.54, 1.807) is 0 Å². The van der Waals surface area contributed by atoms with Gasteiger partial charge in [0.1, 0.15) is 11.6 Å². The van der Waals surface area contributed by atoms with Crippen molar-refractivity contribution < 1.29 is 0 Å². The third kappa shape index (κ3) is 2.85. The van der Waals surface area contributed by atoms with Crippen LogP contribution in [-0.2, 0) is 12.0 Å². The molecular formula is C14H25N3S. The summed E-state index contributed by atoms with van der Waals surface area (Å²) in [6.07, 6.45) is 6.87. The number of aryl methyl sites for hydroxylation is 1. The van der Waals surface area contributed by atoms with Crippen molar-refractivity contribution in [1.82, 2.24) is 9.55 Å². The van der Waals surface area contributed by atoms with Gasteiger partial charge in [-0.2, -0.15) is 11.8 Å². The zero-order valence-electron chi connectivity index (χ0n) is 12.0. The molecular weight excluding hydrogens is 242 g/mol. The highest BCUT2D eigenvalue weighted by molar-refractivity contribution is 7.98. The average molecular weight is 267 g/mol. The van der Waals surface area contributed by atoms with Gasteiger partial charge in [0.15, 0.2) is 0 Å². The van der Waals surface area contributed by atoms with E-state index in [9.17, 15) is 0 Å². The molecule has 1 aliphatic carbocycles. The summed E-state index contributed by atoms with van der Waals surface area (Å²) < 4.78 is 2.26. The lowest BCUT2D eigenvalue weighted by Crippen LogP contribution is -2.25. The fourth-order valence-corrected chi connectivity index (χ4v) is 2.82. The van der Waals surface area contributed by atoms with E-state index in [0.29, 0.717) is 5.92 Å². The summed E-state index contributed by atoms with van der Waals surface area (Å²) in [5.74, 6) is 3.95. The van der Waals surface area contributed by atoms with Crippen LogP contribution in [0.25, 0.3) is 0 Å². The molecule has 0 bridgehead atoms. The lowest BCUT2D eigenvalue weighted by Gasteiger charge is -2.25. The van der Waals surface area contributed by atoms with Gasteiger partial charge in [-0.1, -0.05) is 0 Å². The van der Waals surface area contributed by atoms with Crippen molar-refractivity contribution in [2.24, 2.45) is 0 Å². The average Bonchev–Trinajstić information content (AvgIpc) is 3.04. The molecule has 1 aromatic rings. The molecule has 1 aromatic heterocycles. The van der Waals surface area contributed by atoms with Crippen molar-refractivity contribution >= 4 is 17.6 Å². The summed E-state index contributed by atoms with van der Waals surface area (Å²) in [6.45, 7) is 6.63. The van der Waals surface area contributed by atoms with Gasteiger partial charge in [0, 0.05) is 11.5 Å². The number of imidazole rings is 1. The van der Waals surface area contributed by atoms with E-state index in [-0.39, 0.29) is 5.54 Å². The summed E-state index contributed by atoms with van der Waals surface area (Å²) >= 11 is 1.89. The standard InChI is InChI=1S/C14H25N3S/c1-14(2,3)17-12(15)11(6-5-9-18-4)16-13(17)10-7-8-10/h10H,5-9,15H2,1-4H3. The van der Waals surface area contributed by atoms with E-state index in [1.807, 2.05) is 11.8 Å². The first kappa shape index (κ1) is 13.8. The molecule has 3 nitrogen and oxygen atoms in total. The summed E-state index contributed by atoms with van der Waals surface area (Å²) in [5.41, 5.74) is 7.48. The van der Waals surface area contributed by atoms with E-state index in [4.69, 9.17) is 10.7 Å². The largest absolute Gasteiger partial charge is 0.384 e. The fourth-order valence-electron chi connectivity index (χ4n) is 2.39. The second kappa shape index (κ2) is 5.16. The van der Waals surface area contributed by atoms with Gasteiger partial charge in [-0.25, -0.2) is 4.98 Å². The molecule has 2 N–H and O–H groups in total. The van der Waals surface area contributed by atoms with E-state index in [1.165, 1.54) is 24.4 Å². The first-order valence-corrected chi connectivity index (χ1v) is 8.21. The minimum absolute atomic E-state index is 0.0345. The number of thioether (sulfide) groups is 1. The number of nitrogens with zero attached hydrogens (tertiary/aromatic N) is 2. The minimum Gasteiger partial charge on any atom is -0.384 e. The maximum Gasteiger partial charge on any atom is 0.127 e. The molecule has 0 aromatic carbocycles. The highest BCUT2D eigenvalue weighted by atomic mass is 32.2. The minimum atomic E-state index is 0.0345. The molecule has 4 heteroatoms. The molecule has 0 atom stereocenters. The number of nitrogen functional groups attached to an aromatic ring is 1. The summed E-state index contributed by atoms with van der Waals surface area (Å²) in [4.78, 5) is 4.84. The van der Waals surface area contributed by atoms with Crippen molar-refractivity contribution in [3.05, 3.63) is 11.5 Å². The number of aromatic nitrogens is 2. The highest BCUT2D eigenvalue weighted by Crippen LogP contribution is 2.42. The molecule has 2 rings (SSSR count). The van der Waals surface area contributed by atoms with Crippen LogP contribution in [0.3, 0.4) is 0 Å². The molecule has 1 fully saturated rings. The predicted molar refractivity (Wildman–Crippen MR) is 80.3 cm³/mol. The molecule has 102 valence electrons. The van der Waals surface area contributed by atoms with Gasteiger partial charge in [-0.15, -0.1) is 0 Å². The molecule has 0 unspecified atom stereocenters. The van der Waals surface area contributed by atoms with Gasteiger partial charge in [0.25, 0.3) is 0 Å². The predicted octanol–water partition coefficient (Wildman–Crippen LogP) is 3.39. The lowest BCUT2D eigenvalue weighted by molar-refractivity contribution is 0.388. The summed E-state index contributed by atoms with van der Waals surface area (Å²) in [7, 11) is 0. The Kier molecular flexibility index (Phi) is 3.95. The first-order chi connectivity index (χ1) is 8.45. The molecule has 1 aliphatic rings. The molecule has 18 heavy (non-hydrogen) atoms. The van der Waals surface area contributed by atoms with Crippen molar-refractivity contribution in [2.75, 3.05) is 17.7 Å². The van der Waals surface area contributed by atoms with Crippen LogP contribution < -0.4 is 5.73 Å². The van der Waals surface area contributed by atoms with Gasteiger partial charge in [-0.05, 0) is 58.5 Å².